The Kier molecular flexibility index (Phi) is 8.52. The summed E-state index contributed by atoms with van der Waals surface area (Å²) in [5, 5.41) is 9.98. The molecule has 1 fully saturated rings. The van der Waals surface area contributed by atoms with Gasteiger partial charge in [-0.1, -0.05) is 36.9 Å². The number of rotatable bonds is 7. The van der Waals surface area contributed by atoms with Gasteiger partial charge in [0.2, 0.25) is 5.91 Å². The summed E-state index contributed by atoms with van der Waals surface area (Å²) in [6.07, 6.45) is 8.44. The van der Waals surface area contributed by atoms with E-state index < -0.39 is 0 Å². The second kappa shape index (κ2) is 10.9. The zero-order valence-electron chi connectivity index (χ0n) is 14.9. The minimum Gasteiger partial charge on any atom is -0.357 e. The van der Waals surface area contributed by atoms with E-state index in [1.165, 1.54) is 19.3 Å². The first kappa shape index (κ1) is 19.5. The van der Waals surface area contributed by atoms with E-state index in [2.05, 4.69) is 25.9 Å². The number of nitrogens with one attached hydrogen (secondary N) is 3. The third-order valence-electron chi connectivity index (χ3n) is 4.19. The van der Waals surface area contributed by atoms with Crippen LogP contribution in [0.25, 0.3) is 0 Å². The molecule has 0 atom stereocenters. The Hall–Kier alpha value is -1.82. The summed E-state index contributed by atoms with van der Waals surface area (Å²) in [5.74, 6) is 0.647. The van der Waals surface area contributed by atoms with Gasteiger partial charge in [-0.25, -0.2) is 9.98 Å². The van der Waals surface area contributed by atoms with Crippen LogP contribution in [-0.2, 0) is 11.2 Å². The van der Waals surface area contributed by atoms with Gasteiger partial charge in [0.25, 0.3) is 0 Å². The van der Waals surface area contributed by atoms with E-state index in [1.807, 2.05) is 13.0 Å². The molecular formula is C18H28ClN5O. The number of pyridine rings is 1. The van der Waals surface area contributed by atoms with Crippen LogP contribution in [0.2, 0.25) is 5.15 Å². The minimum absolute atomic E-state index is 0.00833. The second-order valence-corrected chi connectivity index (χ2v) is 6.65. The van der Waals surface area contributed by atoms with Gasteiger partial charge >= 0.3 is 0 Å². The van der Waals surface area contributed by atoms with Crippen molar-refractivity contribution < 1.29 is 4.79 Å². The van der Waals surface area contributed by atoms with Crippen molar-refractivity contribution in [1.82, 2.24) is 20.9 Å². The Labute approximate surface area is 154 Å². The molecule has 0 unspecified atom stereocenters. The Morgan fingerprint density at radius 1 is 1.28 bits per heavy atom. The van der Waals surface area contributed by atoms with Crippen LogP contribution in [0.3, 0.4) is 0 Å². The normalized spacial score (nSPS) is 15.7. The molecule has 6 nitrogen and oxygen atoms in total. The molecule has 0 radical (unpaired) electrons. The van der Waals surface area contributed by atoms with Crippen LogP contribution in [0.4, 0.5) is 0 Å². The van der Waals surface area contributed by atoms with E-state index >= 15 is 0 Å². The summed E-state index contributed by atoms with van der Waals surface area (Å²) in [5.41, 5.74) is 1.10. The van der Waals surface area contributed by atoms with Crippen LogP contribution in [0, 0.1) is 0 Å². The van der Waals surface area contributed by atoms with Crippen molar-refractivity contribution in [2.75, 3.05) is 19.6 Å². The Bertz CT molecular complexity index is 555. The van der Waals surface area contributed by atoms with Gasteiger partial charge < -0.3 is 16.0 Å². The molecule has 1 aliphatic rings. The number of hydrogen-bond acceptors (Lipinski definition) is 3. The van der Waals surface area contributed by atoms with E-state index in [0.29, 0.717) is 23.7 Å². The number of nitrogens with zero attached hydrogens (tertiary/aromatic N) is 2. The first-order valence-electron chi connectivity index (χ1n) is 9.09. The summed E-state index contributed by atoms with van der Waals surface area (Å²) in [6, 6.07) is 4.06. The van der Waals surface area contributed by atoms with E-state index in [4.69, 9.17) is 11.6 Å². The molecule has 0 spiro atoms. The van der Waals surface area contributed by atoms with Gasteiger partial charge in [-0.2, -0.15) is 0 Å². The molecule has 1 heterocycles. The Morgan fingerprint density at radius 3 is 2.76 bits per heavy atom. The number of aromatic nitrogens is 1. The van der Waals surface area contributed by atoms with Crippen LogP contribution in [0.15, 0.2) is 23.3 Å². The number of halogens is 1. The van der Waals surface area contributed by atoms with Gasteiger partial charge in [-0.05, 0) is 37.8 Å². The van der Waals surface area contributed by atoms with Gasteiger partial charge in [0.15, 0.2) is 5.96 Å². The summed E-state index contributed by atoms with van der Waals surface area (Å²) < 4.78 is 0. The fourth-order valence-corrected chi connectivity index (χ4v) is 3.00. The quantitative estimate of drug-likeness (QED) is 0.393. The maximum absolute atomic E-state index is 12.1. The van der Waals surface area contributed by atoms with E-state index in [-0.39, 0.29) is 12.5 Å². The zero-order valence-corrected chi connectivity index (χ0v) is 15.6. The number of amides is 1. The number of carbonyl (C=O) groups excluding carboxylic acids is 1. The van der Waals surface area contributed by atoms with Gasteiger partial charge in [-0.3, -0.25) is 4.79 Å². The molecule has 0 saturated heterocycles. The highest BCUT2D eigenvalue weighted by Gasteiger charge is 2.15. The van der Waals surface area contributed by atoms with E-state index in [1.54, 1.807) is 12.3 Å². The lowest BCUT2D eigenvalue weighted by molar-refractivity contribution is -0.120. The lowest BCUT2D eigenvalue weighted by atomic mass is 9.95. The molecule has 2 rings (SSSR count). The van der Waals surface area contributed by atoms with Crippen LogP contribution in [0.1, 0.15) is 44.6 Å². The zero-order chi connectivity index (χ0) is 17.9. The third-order valence-corrected chi connectivity index (χ3v) is 4.41. The number of guanidine groups is 1. The van der Waals surface area contributed by atoms with Crippen LogP contribution in [0.5, 0.6) is 0 Å². The Balaban J connectivity index is 1.74. The molecular weight excluding hydrogens is 338 g/mol. The van der Waals surface area contributed by atoms with Crippen LogP contribution >= 0.6 is 11.6 Å². The molecule has 0 aromatic carbocycles. The van der Waals surface area contributed by atoms with Gasteiger partial charge in [-0.15, -0.1) is 0 Å². The predicted octanol–water partition coefficient (Wildman–Crippen LogP) is 2.28. The smallest absolute Gasteiger partial charge is 0.242 e. The highest BCUT2D eigenvalue weighted by Crippen LogP contribution is 2.17. The second-order valence-electron chi connectivity index (χ2n) is 6.26. The third kappa shape index (κ3) is 7.73. The number of hydrogen-bond donors (Lipinski definition) is 3. The molecule has 25 heavy (non-hydrogen) atoms. The minimum atomic E-state index is -0.00833. The highest BCUT2D eigenvalue weighted by atomic mass is 35.5. The Morgan fingerprint density at radius 2 is 2.08 bits per heavy atom. The maximum Gasteiger partial charge on any atom is 0.242 e. The van der Waals surface area contributed by atoms with Crippen LogP contribution < -0.4 is 16.0 Å². The summed E-state index contributed by atoms with van der Waals surface area (Å²) in [7, 11) is 0. The van der Waals surface area contributed by atoms with Crippen molar-refractivity contribution in [2.24, 2.45) is 4.99 Å². The first-order valence-corrected chi connectivity index (χ1v) is 9.47. The monoisotopic (exact) mass is 365 g/mol. The van der Waals surface area contributed by atoms with Gasteiger partial charge in [0.05, 0.1) is 0 Å². The number of carbonyl (C=O) groups is 1. The lowest BCUT2D eigenvalue weighted by Crippen LogP contribution is -2.41. The fraction of sp³-hybridized carbons (Fsp3) is 0.611. The summed E-state index contributed by atoms with van der Waals surface area (Å²) >= 11 is 5.78. The molecule has 0 aliphatic heterocycles. The number of aliphatic imine (C=N–C) groups is 1. The van der Waals surface area contributed by atoms with Crippen LogP contribution in [-0.4, -0.2) is 42.5 Å². The highest BCUT2D eigenvalue weighted by molar-refractivity contribution is 6.29. The molecule has 7 heteroatoms. The SMILES string of the molecule is CCNC(=NCC(=O)NC1CCCCC1)NCCc1ccc(Cl)nc1. The maximum atomic E-state index is 12.1. The molecule has 1 aromatic heterocycles. The van der Waals surface area contributed by atoms with E-state index in [0.717, 1.165) is 31.4 Å². The van der Waals surface area contributed by atoms with Gasteiger partial charge in [0, 0.05) is 25.3 Å². The molecule has 1 amide bonds. The van der Waals surface area contributed by atoms with E-state index in [9.17, 15) is 4.79 Å². The average Bonchev–Trinajstić information content (AvgIpc) is 2.62. The largest absolute Gasteiger partial charge is 0.357 e. The predicted molar refractivity (Wildman–Crippen MR) is 102 cm³/mol. The molecule has 1 aliphatic carbocycles. The van der Waals surface area contributed by atoms with Gasteiger partial charge in [0.1, 0.15) is 11.7 Å². The lowest BCUT2D eigenvalue weighted by Gasteiger charge is -2.22. The standard InChI is InChI=1S/C18H28ClN5O/c1-2-20-18(21-11-10-14-8-9-16(19)22-12-14)23-13-17(25)24-15-6-4-3-5-7-15/h8-9,12,15H,2-7,10-11,13H2,1H3,(H,24,25)(H2,20,21,23). The molecule has 3 N–H and O–H groups in total. The van der Waals surface area contributed by atoms with Crippen molar-refractivity contribution in [3.63, 3.8) is 0 Å². The first-order chi connectivity index (χ1) is 12.2. The molecule has 1 aromatic rings. The van der Waals surface area contributed by atoms with Crippen molar-refractivity contribution >= 4 is 23.5 Å². The topological polar surface area (TPSA) is 78.4 Å². The summed E-state index contributed by atoms with van der Waals surface area (Å²) in [6.45, 7) is 3.61. The molecule has 0 bridgehead atoms. The van der Waals surface area contributed by atoms with Crippen molar-refractivity contribution in [2.45, 2.75) is 51.5 Å². The molecule has 1 saturated carbocycles. The van der Waals surface area contributed by atoms with Crippen molar-refractivity contribution in [3.05, 3.63) is 29.0 Å². The molecule has 138 valence electrons. The van der Waals surface area contributed by atoms with Crippen molar-refractivity contribution in [1.29, 1.82) is 0 Å². The average molecular weight is 366 g/mol. The fourth-order valence-electron chi connectivity index (χ4n) is 2.89. The van der Waals surface area contributed by atoms with Crippen molar-refractivity contribution in [3.8, 4) is 0 Å². The summed E-state index contributed by atoms with van der Waals surface area (Å²) in [4.78, 5) is 20.5.